The summed E-state index contributed by atoms with van der Waals surface area (Å²) in [6.07, 6.45) is 0. The fourth-order valence-electron chi connectivity index (χ4n) is 1.78. The van der Waals surface area contributed by atoms with Crippen LogP contribution in [0, 0.1) is 0 Å². The summed E-state index contributed by atoms with van der Waals surface area (Å²) in [5.41, 5.74) is 6.73. The number of para-hydroxylation sites is 2. The van der Waals surface area contributed by atoms with Crippen molar-refractivity contribution in [2.75, 3.05) is 24.7 Å². The molecule has 0 aromatic heterocycles. The predicted octanol–water partition coefficient (Wildman–Crippen LogP) is 4.60. The highest BCUT2D eigenvalue weighted by Crippen LogP contribution is 2.29. The van der Waals surface area contributed by atoms with E-state index in [2.05, 4.69) is 15.9 Å². The number of thioether (sulfide) groups is 1. The van der Waals surface area contributed by atoms with Crippen LogP contribution in [0.3, 0.4) is 0 Å². The second-order valence-electron chi connectivity index (χ2n) is 4.26. The van der Waals surface area contributed by atoms with Crippen LogP contribution in [0.2, 0.25) is 0 Å². The van der Waals surface area contributed by atoms with Crippen molar-refractivity contribution in [3.05, 3.63) is 46.9 Å². The Kier molecular flexibility index (Phi) is 6.26. The Bertz CT molecular complexity index is 592. The number of rotatable bonds is 7. The lowest BCUT2D eigenvalue weighted by Crippen LogP contribution is -2.03. The summed E-state index contributed by atoms with van der Waals surface area (Å²) in [4.78, 5) is 1.06. The Balaban J connectivity index is 1.86. The summed E-state index contributed by atoms with van der Waals surface area (Å²) in [6.45, 7) is 3.19. The molecule has 0 bridgehead atoms. The Morgan fingerprint density at radius 1 is 1.10 bits per heavy atom. The highest BCUT2D eigenvalue weighted by atomic mass is 79.9. The van der Waals surface area contributed by atoms with Gasteiger partial charge in [-0.2, -0.15) is 0 Å². The minimum absolute atomic E-state index is 0.598. The van der Waals surface area contributed by atoms with Crippen molar-refractivity contribution in [1.29, 1.82) is 0 Å². The van der Waals surface area contributed by atoms with Crippen molar-refractivity contribution in [2.24, 2.45) is 0 Å². The fraction of sp³-hybridized carbons (Fsp3) is 0.250. The number of anilines is 1. The molecule has 0 saturated carbocycles. The molecule has 5 heteroatoms. The van der Waals surface area contributed by atoms with Gasteiger partial charge < -0.3 is 15.2 Å². The Morgan fingerprint density at radius 2 is 1.81 bits per heavy atom. The van der Waals surface area contributed by atoms with Gasteiger partial charge in [-0.25, -0.2) is 0 Å². The van der Waals surface area contributed by atoms with Crippen molar-refractivity contribution in [3.63, 3.8) is 0 Å². The maximum Gasteiger partial charge on any atom is 0.161 e. The molecule has 0 heterocycles. The third-order valence-corrected chi connectivity index (χ3v) is 4.25. The molecular formula is C16H18BrNO2S. The summed E-state index contributed by atoms with van der Waals surface area (Å²) < 4.78 is 12.3. The summed E-state index contributed by atoms with van der Waals surface area (Å²) >= 11 is 5.13. The highest BCUT2D eigenvalue weighted by Gasteiger charge is 2.04. The number of nitrogen functional groups attached to an aromatic ring is 1. The molecule has 2 aromatic rings. The number of benzene rings is 2. The quantitative estimate of drug-likeness (QED) is 0.441. The first-order valence-electron chi connectivity index (χ1n) is 6.73. The average molecular weight is 368 g/mol. The summed E-state index contributed by atoms with van der Waals surface area (Å²) in [6, 6.07) is 13.6. The lowest BCUT2D eigenvalue weighted by Gasteiger charge is -2.11. The molecule has 0 aliphatic carbocycles. The molecule has 0 amide bonds. The van der Waals surface area contributed by atoms with E-state index in [0.29, 0.717) is 13.2 Å². The third-order valence-electron chi connectivity index (χ3n) is 2.72. The zero-order valence-corrected chi connectivity index (χ0v) is 14.2. The molecule has 0 fully saturated rings. The molecule has 112 valence electrons. The fourth-order valence-corrected chi connectivity index (χ4v) is 3.12. The van der Waals surface area contributed by atoms with E-state index in [9.17, 15) is 0 Å². The van der Waals surface area contributed by atoms with E-state index in [0.717, 1.165) is 32.3 Å². The van der Waals surface area contributed by atoms with Crippen LogP contribution in [0.4, 0.5) is 5.69 Å². The van der Waals surface area contributed by atoms with Gasteiger partial charge in [0, 0.05) is 20.8 Å². The van der Waals surface area contributed by atoms with E-state index >= 15 is 0 Å². The molecule has 0 aliphatic rings. The molecule has 2 N–H and O–H groups in total. The van der Waals surface area contributed by atoms with E-state index in [4.69, 9.17) is 15.2 Å². The molecule has 3 nitrogen and oxygen atoms in total. The minimum atomic E-state index is 0.598. The summed E-state index contributed by atoms with van der Waals surface area (Å²) in [7, 11) is 0. The van der Waals surface area contributed by atoms with Gasteiger partial charge in [0.1, 0.15) is 0 Å². The maximum absolute atomic E-state index is 5.94. The lowest BCUT2D eigenvalue weighted by atomic mass is 10.3. The molecule has 0 unspecified atom stereocenters. The summed E-state index contributed by atoms with van der Waals surface area (Å²) in [5, 5.41) is 0. The number of hydrogen-bond acceptors (Lipinski definition) is 4. The minimum Gasteiger partial charge on any atom is -0.490 e. The number of halogens is 1. The predicted molar refractivity (Wildman–Crippen MR) is 92.4 cm³/mol. The molecule has 0 radical (unpaired) electrons. The number of ether oxygens (including phenoxy) is 2. The van der Waals surface area contributed by atoms with Crippen LogP contribution in [0.15, 0.2) is 51.8 Å². The van der Waals surface area contributed by atoms with Gasteiger partial charge in [0.05, 0.1) is 13.2 Å². The van der Waals surface area contributed by atoms with Crippen molar-refractivity contribution in [3.8, 4) is 11.5 Å². The smallest absolute Gasteiger partial charge is 0.161 e. The first kappa shape index (κ1) is 16.0. The van der Waals surface area contributed by atoms with Crippen LogP contribution in [-0.2, 0) is 0 Å². The molecule has 0 saturated heterocycles. The van der Waals surface area contributed by atoms with E-state index in [1.165, 1.54) is 0 Å². The largest absolute Gasteiger partial charge is 0.490 e. The van der Waals surface area contributed by atoms with Crippen LogP contribution in [0.1, 0.15) is 6.92 Å². The molecule has 2 aromatic carbocycles. The van der Waals surface area contributed by atoms with Crippen molar-refractivity contribution >= 4 is 33.4 Å². The van der Waals surface area contributed by atoms with E-state index in [1.54, 1.807) is 11.8 Å². The molecule has 2 rings (SSSR count). The summed E-state index contributed by atoms with van der Waals surface area (Å²) in [5.74, 6) is 2.38. The van der Waals surface area contributed by atoms with E-state index in [-0.39, 0.29) is 0 Å². The second-order valence-corrected chi connectivity index (χ2v) is 6.31. The van der Waals surface area contributed by atoms with E-state index < -0.39 is 0 Å². The first-order chi connectivity index (χ1) is 10.2. The molecule has 0 spiro atoms. The van der Waals surface area contributed by atoms with Gasteiger partial charge in [-0.05, 0) is 37.3 Å². The molecular weight excluding hydrogens is 350 g/mol. The van der Waals surface area contributed by atoms with Gasteiger partial charge >= 0.3 is 0 Å². The molecule has 0 atom stereocenters. The van der Waals surface area contributed by atoms with Crippen LogP contribution < -0.4 is 15.2 Å². The van der Waals surface area contributed by atoms with Crippen LogP contribution >= 0.6 is 27.7 Å². The lowest BCUT2D eigenvalue weighted by molar-refractivity contribution is 0.289. The van der Waals surface area contributed by atoms with E-state index in [1.807, 2.05) is 49.4 Å². The zero-order valence-electron chi connectivity index (χ0n) is 11.8. The second kappa shape index (κ2) is 8.20. The zero-order chi connectivity index (χ0) is 15.1. The topological polar surface area (TPSA) is 44.5 Å². The van der Waals surface area contributed by atoms with Crippen LogP contribution in [0.5, 0.6) is 11.5 Å². The molecule has 21 heavy (non-hydrogen) atoms. The van der Waals surface area contributed by atoms with Gasteiger partial charge in [0.25, 0.3) is 0 Å². The van der Waals surface area contributed by atoms with Crippen LogP contribution in [0.25, 0.3) is 0 Å². The SMILES string of the molecule is CCOc1ccccc1OCCSc1cc(Br)ccc1N. The van der Waals surface area contributed by atoms with Gasteiger partial charge in [-0.1, -0.05) is 28.1 Å². The number of nitrogens with two attached hydrogens (primary N) is 1. The van der Waals surface area contributed by atoms with Gasteiger partial charge in [0.15, 0.2) is 11.5 Å². The first-order valence-corrected chi connectivity index (χ1v) is 8.51. The van der Waals surface area contributed by atoms with Crippen LogP contribution in [-0.4, -0.2) is 19.0 Å². The normalized spacial score (nSPS) is 10.4. The van der Waals surface area contributed by atoms with Crippen molar-refractivity contribution in [1.82, 2.24) is 0 Å². The monoisotopic (exact) mass is 367 g/mol. The number of hydrogen-bond donors (Lipinski definition) is 1. The average Bonchev–Trinajstić information content (AvgIpc) is 2.49. The van der Waals surface area contributed by atoms with Crippen molar-refractivity contribution in [2.45, 2.75) is 11.8 Å². The maximum atomic E-state index is 5.94. The standard InChI is InChI=1S/C16H18BrNO2S/c1-2-19-14-5-3-4-6-15(14)20-9-10-21-16-11-12(17)7-8-13(16)18/h3-8,11H,2,9-10,18H2,1H3. The van der Waals surface area contributed by atoms with Crippen molar-refractivity contribution < 1.29 is 9.47 Å². The third kappa shape index (κ3) is 4.86. The Labute approximate surface area is 138 Å². The Hall–Kier alpha value is -1.33. The molecule has 0 aliphatic heterocycles. The highest BCUT2D eigenvalue weighted by molar-refractivity contribution is 9.10. The Morgan fingerprint density at radius 3 is 2.52 bits per heavy atom. The van der Waals surface area contributed by atoms with Gasteiger partial charge in [0.2, 0.25) is 0 Å². The van der Waals surface area contributed by atoms with Gasteiger partial charge in [-0.15, -0.1) is 11.8 Å². The van der Waals surface area contributed by atoms with Gasteiger partial charge in [-0.3, -0.25) is 0 Å².